The SMILES string of the molecule is O=C(O)CCCC=CC[C@@H]1[C@@H](COC(=O)NCc2ccccc2)[C@H](O)C[C@@H]1O. The molecule has 0 spiro atoms. The predicted molar refractivity (Wildman–Crippen MR) is 103 cm³/mol. The van der Waals surface area contributed by atoms with E-state index in [2.05, 4.69) is 5.32 Å². The Labute approximate surface area is 165 Å². The molecule has 0 aliphatic heterocycles. The average molecular weight is 391 g/mol. The minimum Gasteiger partial charge on any atom is -0.481 e. The van der Waals surface area contributed by atoms with Gasteiger partial charge in [-0.05, 0) is 37.2 Å². The van der Waals surface area contributed by atoms with Gasteiger partial charge in [0.15, 0.2) is 0 Å². The number of rotatable bonds is 10. The van der Waals surface area contributed by atoms with Gasteiger partial charge in [0.1, 0.15) is 0 Å². The quantitative estimate of drug-likeness (QED) is 0.360. The van der Waals surface area contributed by atoms with E-state index in [1.165, 1.54) is 0 Å². The number of ether oxygens (including phenoxy) is 1. The lowest BCUT2D eigenvalue weighted by Gasteiger charge is -2.22. The Morgan fingerprint density at radius 3 is 2.54 bits per heavy atom. The Kier molecular flexibility index (Phi) is 8.97. The van der Waals surface area contributed by atoms with Crippen LogP contribution < -0.4 is 5.32 Å². The van der Waals surface area contributed by atoms with Gasteiger partial charge in [0.25, 0.3) is 0 Å². The Morgan fingerprint density at radius 1 is 1.11 bits per heavy atom. The average Bonchev–Trinajstić information content (AvgIpc) is 2.94. The molecule has 7 heteroatoms. The molecule has 1 aromatic rings. The molecule has 0 saturated heterocycles. The van der Waals surface area contributed by atoms with E-state index in [9.17, 15) is 19.8 Å². The van der Waals surface area contributed by atoms with E-state index in [4.69, 9.17) is 9.84 Å². The second-order valence-corrected chi connectivity index (χ2v) is 7.13. The molecular weight excluding hydrogens is 362 g/mol. The zero-order chi connectivity index (χ0) is 20.4. The summed E-state index contributed by atoms with van der Waals surface area (Å²) in [6, 6.07) is 9.47. The third-order valence-corrected chi connectivity index (χ3v) is 5.04. The number of hydrogen-bond donors (Lipinski definition) is 4. The van der Waals surface area contributed by atoms with E-state index < -0.39 is 24.3 Å². The maximum atomic E-state index is 11.9. The summed E-state index contributed by atoms with van der Waals surface area (Å²) in [6.07, 6.45) is 4.02. The van der Waals surface area contributed by atoms with Crippen molar-refractivity contribution in [1.29, 1.82) is 0 Å². The van der Waals surface area contributed by atoms with Gasteiger partial charge in [-0.25, -0.2) is 4.79 Å². The first-order valence-corrected chi connectivity index (χ1v) is 9.65. The highest BCUT2D eigenvalue weighted by Crippen LogP contribution is 2.35. The van der Waals surface area contributed by atoms with Crippen molar-refractivity contribution in [3.05, 3.63) is 48.0 Å². The van der Waals surface area contributed by atoms with E-state index >= 15 is 0 Å². The number of amides is 1. The molecule has 2 rings (SSSR count). The fourth-order valence-corrected chi connectivity index (χ4v) is 3.47. The first-order chi connectivity index (χ1) is 13.5. The Bertz CT molecular complexity index is 648. The number of unbranched alkanes of at least 4 members (excludes halogenated alkanes) is 1. The van der Waals surface area contributed by atoms with Crippen molar-refractivity contribution < 1.29 is 29.6 Å². The van der Waals surface area contributed by atoms with Gasteiger partial charge in [-0.15, -0.1) is 0 Å². The van der Waals surface area contributed by atoms with E-state index in [0.717, 1.165) is 5.56 Å². The molecule has 1 amide bonds. The highest BCUT2D eigenvalue weighted by molar-refractivity contribution is 5.67. The van der Waals surface area contributed by atoms with Crippen molar-refractivity contribution >= 4 is 12.1 Å². The minimum atomic E-state index is -0.814. The van der Waals surface area contributed by atoms with Crippen molar-refractivity contribution in [3.63, 3.8) is 0 Å². The number of carbonyl (C=O) groups is 2. The molecule has 0 unspecified atom stereocenters. The monoisotopic (exact) mass is 391 g/mol. The van der Waals surface area contributed by atoms with Gasteiger partial charge in [-0.1, -0.05) is 42.5 Å². The van der Waals surface area contributed by atoms with E-state index in [1.807, 2.05) is 42.5 Å². The molecule has 0 heterocycles. The molecular formula is C21H29NO6. The van der Waals surface area contributed by atoms with Crippen LogP contribution in [-0.4, -0.2) is 46.2 Å². The number of hydrogen-bond acceptors (Lipinski definition) is 5. The molecule has 0 bridgehead atoms. The molecule has 1 aliphatic carbocycles. The standard InChI is InChI=1S/C21H29NO6/c23-18-12-19(24)17(16(18)10-6-1-2-7-11-20(25)26)14-28-21(27)22-13-15-8-4-3-5-9-15/h1,3-6,8-9,16-19,23-24H,2,7,10-14H2,(H,22,27)(H,25,26)/t16-,17-,18+,19-/m1/s1. The molecule has 1 aliphatic rings. The Morgan fingerprint density at radius 2 is 1.82 bits per heavy atom. The van der Waals surface area contributed by atoms with Crippen LogP contribution in [0.3, 0.4) is 0 Å². The van der Waals surface area contributed by atoms with Crippen molar-refractivity contribution in [3.8, 4) is 0 Å². The number of nitrogens with one attached hydrogen (secondary N) is 1. The second kappa shape index (κ2) is 11.5. The van der Waals surface area contributed by atoms with E-state index in [-0.39, 0.29) is 31.3 Å². The highest BCUT2D eigenvalue weighted by atomic mass is 16.5. The third-order valence-electron chi connectivity index (χ3n) is 5.04. The number of aliphatic carboxylic acids is 1. The predicted octanol–water partition coefficient (Wildman–Crippen LogP) is 2.47. The molecule has 7 nitrogen and oxygen atoms in total. The summed E-state index contributed by atoms with van der Waals surface area (Å²) < 4.78 is 5.26. The lowest BCUT2D eigenvalue weighted by molar-refractivity contribution is -0.137. The van der Waals surface area contributed by atoms with Gasteiger partial charge in [-0.2, -0.15) is 0 Å². The number of aliphatic hydroxyl groups is 2. The maximum absolute atomic E-state index is 11.9. The van der Waals surface area contributed by atoms with Crippen LogP contribution in [0, 0.1) is 11.8 Å². The lowest BCUT2D eigenvalue weighted by Crippen LogP contribution is -2.31. The van der Waals surface area contributed by atoms with Crippen molar-refractivity contribution in [1.82, 2.24) is 5.32 Å². The van der Waals surface area contributed by atoms with Crippen LogP contribution in [0.4, 0.5) is 4.79 Å². The second-order valence-electron chi connectivity index (χ2n) is 7.13. The van der Waals surface area contributed by atoms with Gasteiger partial charge in [0, 0.05) is 18.9 Å². The zero-order valence-electron chi connectivity index (χ0n) is 15.9. The Hall–Kier alpha value is -2.38. The fourth-order valence-electron chi connectivity index (χ4n) is 3.47. The molecule has 0 aromatic heterocycles. The fraction of sp³-hybridized carbons (Fsp3) is 0.524. The van der Waals surface area contributed by atoms with Crippen molar-refractivity contribution in [2.24, 2.45) is 11.8 Å². The molecule has 4 N–H and O–H groups in total. The first kappa shape index (κ1) is 21.9. The number of carbonyl (C=O) groups excluding carboxylic acids is 1. The number of allylic oxidation sites excluding steroid dienone is 2. The van der Waals surface area contributed by atoms with Gasteiger partial charge >= 0.3 is 12.1 Å². The third kappa shape index (κ3) is 7.32. The molecule has 154 valence electrons. The largest absolute Gasteiger partial charge is 0.481 e. The van der Waals surface area contributed by atoms with Crippen molar-refractivity contribution in [2.45, 2.75) is 50.9 Å². The molecule has 1 aromatic carbocycles. The lowest BCUT2D eigenvalue weighted by atomic mass is 9.91. The molecule has 1 saturated carbocycles. The summed E-state index contributed by atoms with van der Waals surface area (Å²) in [5.41, 5.74) is 0.960. The molecule has 1 fully saturated rings. The molecule has 28 heavy (non-hydrogen) atoms. The summed E-state index contributed by atoms with van der Waals surface area (Å²) in [5.74, 6) is -1.35. The van der Waals surface area contributed by atoms with Gasteiger partial charge < -0.3 is 25.4 Å². The molecule has 0 radical (unpaired) electrons. The first-order valence-electron chi connectivity index (χ1n) is 9.65. The smallest absolute Gasteiger partial charge is 0.407 e. The topological polar surface area (TPSA) is 116 Å². The highest BCUT2D eigenvalue weighted by Gasteiger charge is 2.41. The van der Waals surface area contributed by atoms with Crippen LogP contribution >= 0.6 is 0 Å². The number of alkyl carbamates (subject to hydrolysis) is 1. The van der Waals surface area contributed by atoms with Crippen LogP contribution in [-0.2, 0) is 16.1 Å². The molecule has 4 atom stereocenters. The summed E-state index contributed by atoms with van der Waals surface area (Å²) >= 11 is 0. The van der Waals surface area contributed by atoms with Crippen LogP contribution in [0.2, 0.25) is 0 Å². The normalized spacial score (nSPS) is 24.4. The number of carboxylic acids is 1. The van der Waals surface area contributed by atoms with E-state index in [0.29, 0.717) is 25.8 Å². The summed E-state index contributed by atoms with van der Waals surface area (Å²) in [7, 11) is 0. The van der Waals surface area contributed by atoms with Crippen LogP contribution in [0.25, 0.3) is 0 Å². The van der Waals surface area contributed by atoms with Crippen LogP contribution in [0.5, 0.6) is 0 Å². The summed E-state index contributed by atoms with van der Waals surface area (Å²) in [6.45, 7) is 0.397. The van der Waals surface area contributed by atoms with Crippen LogP contribution in [0.15, 0.2) is 42.5 Å². The Balaban J connectivity index is 1.75. The van der Waals surface area contributed by atoms with Crippen molar-refractivity contribution in [2.75, 3.05) is 6.61 Å². The minimum absolute atomic E-state index is 0.0381. The zero-order valence-corrected chi connectivity index (χ0v) is 15.9. The summed E-state index contributed by atoms with van der Waals surface area (Å²) in [4.78, 5) is 22.4. The van der Waals surface area contributed by atoms with Gasteiger partial charge in [0.2, 0.25) is 0 Å². The number of benzene rings is 1. The number of aliphatic hydroxyl groups excluding tert-OH is 2. The maximum Gasteiger partial charge on any atom is 0.407 e. The van der Waals surface area contributed by atoms with Gasteiger partial charge in [0.05, 0.1) is 18.8 Å². The summed E-state index contributed by atoms with van der Waals surface area (Å²) in [5, 5.41) is 31.7. The van der Waals surface area contributed by atoms with E-state index in [1.54, 1.807) is 0 Å². The van der Waals surface area contributed by atoms with Crippen LogP contribution in [0.1, 0.15) is 37.7 Å². The number of carboxylic acid groups (broad SMARTS) is 1. The van der Waals surface area contributed by atoms with Gasteiger partial charge in [-0.3, -0.25) is 4.79 Å².